The highest BCUT2D eigenvalue weighted by atomic mass is 16.6. The van der Waals surface area contributed by atoms with Crippen molar-refractivity contribution in [3.8, 4) is 0 Å². The van der Waals surface area contributed by atoms with Crippen LogP contribution in [-0.4, -0.2) is 48.2 Å². The Bertz CT molecular complexity index is 286. The van der Waals surface area contributed by atoms with Gasteiger partial charge < -0.3 is 14.6 Å². The summed E-state index contributed by atoms with van der Waals surface area (Å²) in [5.74, 6) is 0. The first kappa shape index (κ1) is 18.5. The van der Waals surface area contributed by atoms with E-state index in [4.69, 9.17) is 14.6 Å². The van der Waals surface area contributed by atoms with E-state index in [0.29, 0.717) is 19.3 Å². The van der Waals surface area contributed by atoms with Gasteiger partial charge in [-0.25, -0.2) is 20.0 Å². The summed E-state index contributed by atoms with van der Waals surface area (Å²) in [4.78, 5) is 23.4. The van der Waals surface area contributed by atoms with Gasteiger partial charge >= 0.3 is 12.2 Å². The van der Waals surface area contributed by atoms with Crippen LogP contribution in [0.5, 0.6) is 0 Å². The first-order valence-corrected chi connectivity index (χ1v) is 7.10. The van der Waals surface area contributed by atoms with Crippen LogP contribution in [0.2, 0.25) is 0 Å². The topological polar surface area (TPSA) is 88.1 Å². The van der Waals surface area contributed by atoms with Crippen molar-refractivity contribution in [2.75, 3.05) is 19.8 Å². The fraction of sp³-hybridized carbons (Fsp3) is 0.846. The van der Waals surface area contributed by atoms with Crippen molar-refractivity contribution >= 4 is 12.2 Å². The molecule has 0 heterocycles. The van der Waals surface area contributed by atoms with Crippen LogP contribution in [-0.2, 0) is 9.47 Å². The number of nitrogens with one attached hydrogen (secondary N) is 1. The van der Waals surface area contributed by atoms with Gasteiger partial charge in [0.15, 0.2) is 0 Å². The molecule has 0 aromatic heterocycles. The predicted octanol–water partition coefficient (Wildman–Crippen LogP) is 2.05. The maximum atomic E-state index is 11.9. The number of carbonyl (C=O) groups is 2. The summed E-state index contributed by atoms with van der Waals surface area (Å²) >= 11 is 0. The zero-order chi connectivity index (χ0) is 15.4. The number of hydrazine groups is 1. The van der Waals surface area contributed by atoms with Crippen LogP contribution < -0.4 is 5.43 Å². The van der Waals surface area contributed by atoms with E-state index < -0.39 is 12.2 Å². The zero-order valence-corrected chi connectivity index (χ0v) is 12.6. The van der Waals surface area contributed by atoms with Crippen LogP contribution in [0.3, 0.4) is 0 Å². The molecule has 7 nitrogen and oxygen atoms in total. The van der Waals surface area contributed by atoms with Gasteiger partial charge in [-0.05, 0) is 33.1 Å². The van der Waals surface area contributed by atoms with Gasteiger partial charge in [0.05, 0.1) is 19.3 Å². The minimum absolute atomic E-state index is 0.0380. The third-order valence-corrected chi connectivity index (χ3v) is 2.63. The first-order chi connectivity index (χ1) is 9.60. The lowest BCUT2D eigenvalue weighted by Crippen LogP contribution is -2.52. The Hall–Kier alpha value is -1.50. The van der Waals surface area contributed by atoms with Gasteiger partial charge in [0, 0.05) is 6.61 Å². The summed E-state index contributed by atoms with van der Waals surface area (Å²) in [7, 11) is 0. The van der Waals surface area contributed by atoms with Crippen LogP contribution in [0.15, 0.2) is 0 Å². The van der Waals surface area contributed by atoms with Gasteiger partial charge in [0.1, 0.15) is 0 Å². The van der Waals surface area contributed by atoms with Crippen molar-refractivity contribution < 1.29 is 24.2 Å². The highest BCUT2D eigenvalue weighted by molar-refractivity contribution is 5.74. The standard InChI is InChI=1S/C13H26N2O5/c1-4-8-11(9-7-10-16)15(13(18)20-6-3)14-12(17)19-5-2/h11,16H,4-10H2,1-3H3,(H,14,17)/t11-/m1/s1. The molecule has 0 aromatic carbocycles. The van der Waals surface area contributed by atoms with Crippen molar-refractivity contribution in [2.45, 2.75) is 52.5 Å². The second-order valence-corrected chi connectivity index (χ2v) is 4.21. The van der Waals surface area contributed by atoms with Gasteiger partial charge in [-0.3, -0.25) is 0 Å². The molecule has 0 aliphatic rings. The molecule has 0 saturated heterocycles. The molecule has 2 N–H and O–H groups in total. The highest BCUT2D eigenvalue weighted by Crippen LogP contribution is 2.13. The third-order valence-electron chi connectivity index (χ3n) is 2.63. The van der Waals surface area contributed by atoms with Gasteiger partial charge in [-0.1, -0.05) is 13.3 Å². The number of aliphatic hydroxyl groups excluding tert-OH is 1. The molecule has 0 rings (SSSR count). The van der Waals surface area contributed by atoms with E-state index in [1.165, 1.54) is 5.01 Å². The second-order valence-electron chi connectivity index (χ2n) is 4.21. The van der Waals surface area contributed by atoms with E-state index in [2.05, 4.69) is 5.43 Å². The third kappa shape index (κ3) is 7.18. The van der Waals surface area contributed by atoms with E-state index in [1.54, 1.807) is 13.8 Å². The van der Waals surface area contributed by atoms with Gasteiger partial charge in [-0.15, -0.1) is 0 Å². The second kappa shape index (κ2) is 11.3. The Morgan fingerprint density at radius 2 is 1.80 bits per heavy atom. The quantitative estimate of drug-likeness (QED) is 0.668. The average Bonchev–Trinajstić information content (AvgIpc) is 2.41. The molecule has 0 aliphatic heterocycles. The lowest BCUT2D eigenvalue weighted by Gasteiger charge is -2.30. The Balaban J connectivity index is 4.82. The lowest BCUT2D eigenvalue weighted by molar-refractivity contribution is 0.0492. The normalized spacial score (nSPS) is 11.6. The van der Waals surface area contributed by atoms with Crippen LogP contribution in [0, 0.1) is 0 Å². The monoisotopic (exact) mass is 290 g/mol. The van der Waals surface area contributed by atoms with Crippen LogP contribution in [0.4, 0.5) is 9.59 Å². The smallest absolute Gasteiger partial charge is 0.429 e. The molecular weight excluding hydrogens is 264 g/mol. The number of carbonyl (C=O) groups excluding carboxylic acids is 2. The van der Waals surface area contributed by atoms with E-state index in [1.807, 2.05) is 6.92 Å². The van der Waals surface area contributed by atoms with E-state index in [9.17, 15) is 9.59 Å². The summed E-state index contributed by atoms with van der Waals surface area (Å²) in [6.45, 7) is 5.85. The van der Waals surface area contributed by atoms with Crippen molar-refractivity contribution in [3.05, 3.63) is 0 Å². The van der Waals surface area contributed by atoms with Gasteiger partial charge in [0.2, 0.25) is 0 Å². The van der Waals surface area contributed by atoms with Crippen LogP contribution in [0.1, 0.15) is 46.5 Å². The number of hydrogen-bond acceptors (Lipinski definition) is 5. The average molecular weight is 290 g/mol. The molecule has 0 aliphatic carbocycles. The Kier molecular flexibility index (Phi) is 10.5. The predicted molar refractivity (Wildman–Crippen MR) is 74.0 cm³/mol. The number of nitrogens with zero attached hydrogens (tertiary/aromatic N) is 1. The molecule has 0 unspecified atom stereocenters. The molecule has 0 saturated carbocycles. The molecule has 0 aromatic rings. The van der Waals surface area contributed by atoms with Gasteiger partial charge in [0.25, 0.3) is 0 Å². The maximum absolute atomic E-state index is 11.9. The molecule has 20 heavy (non-hydrogen) atoms. The lowest BCUT2D eigenvalue weighted by atomic mass is 10.1. The molecular formula is C13H26N2O5. The number of amides is 2. The zero-order valence-electron chi connectivity index (χ0n) is 12.6. The first-order valence-electron chi connectivity index (χ1n) is 7.10. The molecule has 0 radical (unpaired) electrons. The fourth-order valence-electron chi connectivity index (χ4n) is 1.80. The van der Waals surface area contributed by atoms with Crippen molar-refractivity contribution in [1.82, 2.24) is 10.4 Å². The van der Waals surface area contributed by atoms with Crippen LogP contribution in [0.25, 0.3) is 0 Å². The summed E-state index contributed by atoms with van der Waals surface area (Å²) in [6.07, 6.45) is 1.37. The molecule has 0 bridgehead atoms. The summed E-state index contributed by atoms with van der Waals surface area (Å²) in [5.41, 5.74) is 2.41. The van der Waals surface area contributed by atoms with E-state index >= 15 is 0 Å². The number of ether oxygens (including phenoxy) is 2. The van der Waals surface area contributed by atoms with Crippen molar-refractivity contribution in [1.29, 1.82) is 0 Å². The highest BCUT2D eigenvalue weighted by Gasteiger charge is 2.26. The molecule has 0 fully saturated rings. The summed E-state index contributed by atoms with van der Waals surface area (Å²) in [5, 5.41) is 10.1. The van der Waals surface area contributed by atoms with E-state index in [-0.39, 0.29) is 25.9 Å². The Morgan fingerprint density at radius 3 is 2.30 bits per heavy atom. The number of rotatable bonds is 8. The SMILES string of the molecule is CCC[C@H](CCCO)N(NC(=O)OCC)C(=O)OCC. The number of aliphatic hydroxyl groups is 1. The fourth-order valence-corrected chi connectivity index (χ4v) is 1.80. The molecule has 7 heteroatoms. The molecule has 2 amide bonds. The van der Waals surface area contributed by atoms with Gasteiger partial charge in [-0.2, -0.15) is 0 Å². The van der Waals surface area contributed by atoms with Crippen molar-refractivity contribution in [2.24, 2.45) is 0 Å². The van der Waals surface area contributed by atoms with Crippen molar-refractivity contribution in [3.63, 3.8) is 0 Å². The molecule has 1 atom stereocenters. The number of hydrogen-bond donors (Lipinski definition) is 2. The minimum atomic E-state index is -0.689. The maximum Gasteiger partial charge on any atom is 0.429 e. The van der Waals surface area contributed by atoms with Crippen LogP contribution >= 0.6 is 0 Å². The largest absolute Gasteiger partial charge is 0.449 e. The summed E-state index contributed by atoms with van der Waals surface area (Å²) < 4.78 is 9.73. The summed E-state index contributed by atoms with van der Waals surface area (Å²) in [6, 6.07) is -0.226. The Morgan fingerprint density at radius 1 is 1.15 bits per heavy atom. The minimum Gasteiger partial charge on any atom is -0.449 e. The molecule has 0 spiro atoms. The van der Waals surface area contributed by atoms with E-state index in [0.717, 1.165) is 6.42 Å². The molecule has 118 valence electrons. The Labute approximate surface area is 120 Å².